The van der Waals surface area contributed by atoms with Gasteiger partial charge in [-0.2, -0.15) is 5.10 Å². The van der Waals surface area contributed by atoms with Crippen LogP contribution in [-0.2, 0) is 10.8 Å². The van der Waals surface area contributed by atoms with E-state index in [0.717, 1.165) is 45.4 Å². The number of nitrogens with zero attached hydrogens (tertiary/aromatic N) is 5. The molecule has 6 aromatic rings. The van der Waals surface area contributed by atoms with E-state index in [1.54, 1.807) is 0 Å². The average Bonchev–Trinajstić information content (AvgIpc) is 3.71. The van der Waals surface area contributed by atoms with Gasteiger partial charge in [0.2, 0.25) is 0 Å². The molecule has 0 amide bonds. The summed E-state index contributed by atoms with van der Waals surface area (Å²) in [6, 6.07) is 33.5. The molecule has 0 spiro atoms. The third-order valence-corrected chi connectivity index (χ3v) is 9.02. The summed E-state index contributed by atoms with van der Waals surface area (Å²) in [7, 11) is 0. The lowest BCUT2D eigenvalue weighted by Crippen LogP contribution is -2.28. The minimum absolute atomic E-state index is 0.0429. The van der Waals surface area contributed by atoms with Gasteiger partial charge in [-0.1, -0.05) is 96.1 Å². The highest BCUT2D eigenvalue weighted by molar-refractivity contribution is 5.88. The van der Waals surface area contributed by atoms with E-state index in [9.17, 15) is 0 Å². The summed E-state index contributed by atoms with van der Waals surface area (Å²) >= 11 is 0. The molecule has 0 radical (unpaired) electrons. The molecule has 242 valence electrons. The SMILES string of the molecule is Cc1cc(C(C)(C)C)cc(C(C)(C)C)c1N1CN(c2cccc(Oc3cccc(-n4cc(-c5ccccc5)cn4)c3)c2)c2ccncc21. The van der Waals surface area contributed by atoms with Crippen LogP contribution < -0.4 is 14.5 Å². The minimum Gasteiger partial charge on any atom is -0.457 e. The molecule has 0 saturated heterocycles. The maximum Gasteiger partial charge on any atom is 0.129 e. The number of rotatable bonds is 6. The van der Waals surface area contributed by atoms with Gasteiger partial charge >= 0.3 is 0 Å². The van der Waals surface area contributed by atoms with Crippen LogP contribution >= 0.6 is 0 Å². The standard InChI is InChI=1S/C42H43N5O/c1-29-21-32(41(2,3)4)22-37(42(5,6)7)40(29)46-28-45(38-19-20-43-26-39(38)46)33-15-11-17-35(23-33)48-36-18-12-16-34(24-36)47-27-31(25-44-47)30-13-9-8-10-14-30/h8-27H,28H2,1-7H3. The van der Waals surface area contributed by atoms with Gasteiger partial charge in [-0.15, -0.1) is 0 Å². The molecule has 0 atom stereocenters. The summed E-state index contributed by atoms with van der Waals surface area (Å²) in [6.45, 7) is 16.7. The van der Waals surface area contributed by atoms with Gasteiger partial charge in [0.1, 0.15) is 18.2 Å². The van der Waals surface area contributed by atoms with Crippen molar-refractivity contribution in [1.82, 2.24) is 14.8 Å². The van der Waals surface area contributed by atoms with E-state index in [1.165, 1.54) is 22.4 Å². The molecule has 0 unspecified atom stereocenters. The van der Waals surface area contributed by atoms with Crippen molar-refractivity contribution in [2.75, 3.05) is 16.5 Å². The van der Waals surface area contributed by atoms with Crippen LogP contribution in [0.25, 0.3) is 16.8 Å². The first-order valence-electron chi connectivity index (χ1n) is 16.6. The van der Waals surface area contributed by atoms with Gasteiger partial charge in [-0.25, -0.2) is 4.68 Å². The van der Waals surface area contributed by atoms with Crippen molar-refractivity contribution in [2.24, 2.45) is 0 Å². The number of ether oxygens (including phenoxy) is 1. The van der Waals surface area contributed by atoms with Crippen molar-refractivity contribution >= 4 is 22.7 Å². The molecular weight excluding hydrogens is 590 g/mol. The zero-order chi connectivity index (χ0) is 33.6. The maximum absolute atomic E-state index is 6.47. The molecule has 6 heteroatoms. The average molecular weight is 634 g/mol. The highest BCUT2D eigenvalue weighted by Gasteiger charge is 2.34. The molecule has 0 N–H and O–H groups in total. The molecule has 1 aliphatic heterocycles. The Balaban J connectivity index is 1.19. The van der Waals surface area contributed by atoms with E-state index in [0.29, 0.717) is 6.67 Å². The topological polar surface area (TPSA) is 46.4 Å². The van der Waals surface area contributed by atoms with Crippen LogP contribution in [0.5, 0.6) is 11.5 Å². The Hall–Kier alpha value is -5.36. The lowest BCUT2D eigenvalue weighted by atomic mass is 9.78. The quantitative estimate of drug-likeness (QED) is 0.183. The summed E-state index contributed by atoms with van der Waals surface area (Å²) in [4.78, 5) is 9.34. The Bertz CT molecular complexity index is 2080. The van der Waals surface area contributed by atoms with Crippen LogP contribution in [0.3, 0.4) is 0 Å². The van der Waals surface area contributed by atoms with Crippen molar-refractivity contribution in [2.45, 2.75) is 59.3 Å². The first-order valence-corrected chi connectivity index (χ1v) is 16.6. The van der Waals surface area contributed by atoms with Gasteiger partial charge in [0.25, 0.3) is 0 Å². The fourth-order valence-corrected chi connectivity index (χ4v) is 6.45. The summed E-state index contributed by atoms with van der Waals surface area (Å²) in [6.07, 6.45) is 7.80. The highest BCUT2D eigenvalue weighted by atomic mass is 16.5. The van der Waals surface area contributed by atoms with E-state index in [1.807, 2.05) is 78.0 Å². The van der Waals surface area contributed by atoms with Crippen molar-refractivity contribution in [1.29, 1.82) is 0 Å². The minimum atomic E-state index is -0.0429. The number of hydrogen-bond donors (Lipinski definition) is 0. The summed E-state index contributed by atoms with van der Waals surface area (Å²) in [5, 5.41) is 4.62. The van der Waals surface area contributed by atoms with E-state index in [2.05, 4.69) is 117 Å². The monoisotopic (exact) mass is 633 g/mol. The summed E-state index contributed by atoms with van der Waals surface area (Å²) < 4.78 is 8.35. The van der Waals surface area contributed by atoms with Crippen LogP contribution in [0.4, 0.5) is 22.7 Å². The predicted molar refractivity (Wildman–Crippen MR) is 197 cm³/mol. The maximum atomic E-state index is 6.47. The van der Waals surface area contributed by atoms with Gasteiger partial charge in [0.15, 0.2) is 0 Å². The van der Waals surface area contributed by atoms with E-state index < -0.39 is 0 Å². The molecule has 2 aromatic heterocycles. The number of anilines is 4. The molecule has 3 heterocycles. The largest absolute Gasteiger partial charge is 0.457 e. The second-order valence-electron chi connectivity index (χ2n) is 14.7. The number of benzene rings is 4. The number of pyridine rings is 1. The number of fused-ring (bicyclic) bond motifs is 1. The first kappa shape index (κ1) is 31.3. The molecule has 0 saturated carbocycles. The van der Waals surface area contributed by atoms with Gasteiger partial charge < -0.3 is 14.5 Å². The molecule has 0 bridgehead atoms. The van der Waals surface area contributed by atoms with Crippen LogP contribution in [0.2, 0.25) is 0 Å². The van der Waals surface area contributed by atoms with E-state index in [4.69, 9.17) is 4.74 Å². The second kappa shape index (κ2) is 12.0. The molecular formula is C42H43N5O. The lowest BCUT2D eigenvalue weighted by molar-refractivity contribution is 0.482. The van der Waals surface area contributed by atoms with Gasteiger partial charge in [-0.05, 0) is 70.3 Å². The van der Waals surface area contributed by atoms with Gasteiger partial charge in [-0.3, -0.25) is 4.98 Å². The van der Waals surface area contributed by atoms with Crippen LogP contribution in [-0.4, -0.2) is 21.4 Å². The smallest absolute Gasteiger partial charge is 0.129 e. The Labute approximate surface area is 284 Å². The van der Waals surface area contributed by atoms with Crippen molar-refractivity contribution in [3.05, 3.63) is 139 Å². The molecule has 4 aromatic carbocycles. The zero-order valence-corrected chi connectivity index (χ0v) is 28.9. The Morgan fingerprint density at radius 3 is 2.06 bits per heavy atom. The Morgan fingerprint density at radius 2 is 1.35 bits per heavy atom. The number of hydrogen-bond acceptors (Lipinski definition) is 5. The van der Waals surface area contributed by atoms with Crippen LogP contribution in [0.1, 0.15) is 58.2 Å². The molecule has 48 heavy (non-hydrogen) atoms. The van der Waals surface area contributed by atoms with Crippen molar-refractivity contribution < 1.29 is 4.74 Å². The molecule has 0 fully saturated rings. The third kappa shape index (κ3) is 6.06. The summed E-state index contributed by atoms with van der Waals surface area (Å²) in [5.41, 5.74) is 11.7. The zero-order valence-electron chi connectivity index (χ0n) is 28.9. The normalized spacial score (nSPS) is 13.1. The molecule has 7 rings (SSSR count). The summed E-state index contributed by atoms with van der Waals surface area (Å²) in [5.74, 6) is 1.52. The number of aromatic nitrogens is 3. The van der Waals surface area contributed by atoms with Gasteiger partial charge in [0, 0.05) is 41.5 Å². The number of aryl methyl sites for hydroxylation is 1. The van der Waals surface area contributed by atoms with Crippen LogP contribution in [0, 0.1) is 6.92 Å². The second-order valence-corrected chi connectivity index (χ2v) is 14.7. The van der Waals surface area contributed by atoms with E-state index >= 15 is 0 Å². The fraction of sp³-hybridized carbons (Fsp3) is 0.238. The highest BCUT2D eigenvalue weighted by Crippen LogP contribution is 2.48. The van der Waals surface area contributed by atoms with Crippen molar-refractivity contribution in [3.8, 4) is 28.3 Å². The first-order chi connectivity index (χ1) is 23.0. The fourth-order valence-electron chi connectivity index (χ4n) is 6.45. The third-order valence-electron chi connectivity index (χ3n) is 9.02. The predicted octanol–water partition coefficient (Wildman–Crippen LogP) is 10.9. The lowest BCUT2D eigenvalue weighted by Gasteiger charge is -2.33. The molecule has 0 aliphatic carbocycles. The van der Waals surface area contributed by atoms with Crippen molar-refractivity contribution in [3.63, 3.8) is 0 Å². The Kier molecular flexibility index (Phi) is 7.83. The molecule has 1 aliphatic rings. The van der Waals surface area contributed by atoms with Crippen LogP contribution in [0.15, 0.2) is 122 Å². The van der Waals surface area contributed by atoms with Gasteiger partial charge in [0.05, 0.1) is 29.5 Å². The molecule has 6 nitrogen and oxygen atoms in total. The Morgan fingerprint density at radius 1 is 0.646 bits per heavy atom. The van der Waals surface area contributed by atoms with E-state index in [-0.39, 0.29) is 10.8 Å².